The third-order valence-electron chi connectivity index (χ3n) is 3.96. The van der Waals surface area contributed by atoms with Gasteiger partial charge in [0.2, 0.25) is 5.95 Å². The monoisotopic (exact) mass is 333 g/mol. The molecule has 1 aliphatic heterocycles. The molecular formula is C16H20ClN5O. The zero-order chi connectivity index (χ0) is 16.2. The van der Waals surface area contributed by atoms with Crippen LogP contribution in [0.5, 0.6) is 5.75 Å². The summed E-state index contributed by atoms with van der Waals surface area (Å²) in [6, 6.07) is 9.97. The van der Waals surface area contributed by atoms with Crippen LogP contribution in [-0.2, 0) is 6.54 Å². The first-order valence-corrected chi connectivity index (χ1v) is 7.92. The van der Waals surface area contributed by atoms with E-state index in [2.05, 4.69) is 31.9 Å². The summed E-state index contributed by atoms with van der Waals surface area (Å²) in [7, 11) is 1.68. The van der Waals surface area contributed by atoms with Gasteiger partial charge in [-0.2, -0.15) is 4.98 Å². The van der Waals surface area contributed by atoms with Crippen molar-refractivity contribution < 1.29 is 4.74 Å². The number of aromatic nitrogens is 2. The van der Waals surface area contributed by atoms with Gasteiger partial charge in [0.15, 0.2) is 0 Å². The van der Waals surface area contributed by atoms with Gasteiger partial charge in [0, 0.05) is 38.8 Å². The number of hydrogen-bond acceptors (Lipinski definition) is 6. The Balaban J connectivity index is 1.57. The van der Waals surface area contributed by atoms with Gasteiger partial charge in [-0.15, -0.1) is 0 Å². The first-order chi connectivity index (χ1) is 11.1. The van der Waals surface area contributed by atoms with Crippen molar-refractivity contribution in [1.82, 2.24) is 14.9 Å². The van der Waals surface area contributed by atoms with Crippen molar-refractivity contribution in [3.05, 3.63) is 41.0 Å². The van der Waals surface area contributed by atoms with Crippen molar-refractivity contribution in [2.45, 2.75) is 6.54 Å². The standard InChI is InChI=1S/C16H20ClN5O/c1-23-13-4-2-12(3-5-13)11-21-6-8-22(9-7-21)15-10-14(17)19-16(18)20-15/h2-5,10H,6-9,11H2,1H3,(H2,18,19,20). The van der Waals surface area contributed by atoms with E-state index in [1.54, 1.807) is 13.2 Å². The second-order valence-electron chi connectivity index (χ2n) is 5.52. The zero-order valence-corrected chi connectivity index (χ0v) is 13.8. The van der Waals surface area contributed by atoms with E-state index in [0.717, 1.165) is 44.3 Å². The van der Waals surface area contributed by atoms with Crippen LogP contribution in [0, 0.1) is 0 Å². The minimum Gasteiger partial charge on any atom is -0.497 e. The number of anilines is 2. The lowest BCUT2D eigenvalue weighted by Gasteiger charge is -2.35. The van der Waals surface area contributed by atoms with E-state index < -0.39 is 0 Å². The van der Waals surface area contributed by atoms with Crippen LogP contribution in [0.1, 0.15) is 5.56 Å². The molecule has 0 unspecified atom stereocenters. The summed E-state index contributed by atoms with van der Waals surface area (Å²) in [4.78, 5) is 12.8. The fourth-order valence-corrected chi connectivity index (χ4v) is 2.89. The predicted molar refractivity (Wildman–Crippen MR) is 91.9 cm³/mol. The third-order valence-corrected chi connectivity index (χ3v) is 4.15. The fourth-order valence-electron chi connectivity index (χ4n) is 2.71. The molecule has 7 heteroatoms. The minimum atomic E-state index is 0.216. The highest BCUT2D eigenvalue weighted by Gasteiger charge is 2.19. The zero-order valence-electron chi connectivity index (χ0n) is 13.1. The molecule has 2 aromatic rings. The molecule has 0 bridgehead atoms. The molecule has 1 aliphatic rings. The van der Waals surface area contributed by atoms with Crippen LogP contribution >= 0.6 is 11.6 Å². The van der Waals surface area contributed by atoms with Crippen molar-refractivity contribution in [3.63, 3.8) is 0 Å². The van der Waals surface area contributed by atoms with E-state index in [1.807, 2.05) is 12.1 Å². The number of benzene rings is 1. The highest BCUT2D eigenvalue weighted by molar-refractivity contribution is 6.29. The van der Waals surface area contributed by atoms with Crippen LogP contribution in [0.3, 0.4) is 0 Å². The normalized spacial score (nSPS) is 15.7. The second-order valence-corrected chi connectivity index (χ2v) is 5.91. The molecule has 1 aromatic carbocycles. The highest BCUT2D eigenvalue weighted by atomic mass is 35.5. The molecule has 1 saturated heterocycles. The van der Waals surface area contributed by atoms with Crippen LogP contribution in [0.2, 0.25) is 5.15 Å². The van der Waals surface area contributed by atoms with E-state index in [4.69, 9.17) is 22.1 Å². The molecule has 0 radical (unpaired) electrons. The Labute approximate surface area is 140 Å². The SMILES string of the molecule is COc1ccc(CN2CCN(c3cc(Cl)nc(N)n3)CC2)cc1. The van der Waals surface area contributed by atoms with Crippen molar-refractivity contribution >= 4 is 23.4 Å². The number of rotatable bonds is 4. The number of piperazine rings is 1. The second kappa shape index (κ2) is 7.02. The Morgan fingerprint density at radius 3 is 2.43 bits per heavy atom. The van der Waals surface area contributed by atoms with Crippen molar-refractivity contribution in [2.75, 3.05) is 43.9 Å². The lowest BCUT2D eigenvalue weighted by molar-refractivity contribution is 0.249. The minimum absolute atomic E-state index is 0.216. The number of nitrogens with two attached hydrogens (primary N) is 1. The Morgan fingerprint density at radius 1 is 1.13 bits per heavy atom. The Morgan fingerprint density at radius 2 is 1.83 bits per heavy atom. The summed E-state index contributed by atoms with van der Waals surface area (Å²) in [6.07, 6.45) is 0. The number of ether oxygens (including phenoxy) is 1. The van der Waals surface area contributed by atoms with Gasteiger partial charge >= 0.3 is 0 Å². The summed E-state index contributed by atoms with van der Waals surface area (Å²) in [6.45, 7) is 4.65. The summed E-state index contributed by atoms with van der Waals surface area (Å²) in [5.74, 6) is 1.90. The van der Waals surface area contributed by atoms with Gasteiger partial charge < -0.3 is 15.4 Å². The first kappa shape index (κ1) is 15.8. The maximum Gasteiger partial charge on any atom is 0.223 e. The van der Waals surface area contributed by atoms with Crippen LogP contribution in [0.4, 0.5) is 11.8 Å². The molecule has 0 spiro atoms. The average molecular weight is 334 g/mol. The number of hydrogen-bond donors (Lipinski definition) is 1. The maximum absolute atomic E-state index is 5.95. The lowest BCUT2D eigenvalue weighted by Crippen LogP contribution is -2.46. The lowest BCUT2D eigenvalue weighted by atomic mass is 10.2. The predicted octanol–water partition coefficient (Wildman–Crippen LogP) is 2.04. The molecule has 0 amide bonds. The molecule has 0 saturated carbocycles. The summed E-state index contributed by atoms with van der Waals surface area (Å²) in [5.41, 5.74) is 6.95. The summed E-state index contributed by atoms with van der Waals surface area (Å²) >= 11 is 5.95. The molecule has 2 heterocycles. The van der Waals surface area contributed by atoms with E-state index in [0.29, 0.717) is 5.15 Å². The first-order valence-electron chi connectivity index (χ1n) is 7.54. The number of methoxy groups -OCH3 is 1. The molecule has 1 aromatic heterocycles. The number of halogens is 1. The molecule has 1 fully saturated rings. The topological polar surface area (TPSA) is 67.5 Å². The van der Waals surface area contributed by atoms with Gasteiger partial charge in [0.25, 0.3) is 0 Å². The van der Waals surface area contributed by atoms with Gasteiger partial charge in [-0.05, 0) is 17.7 Å². The number of nitrogen functional groups attached to an aromatic ring is 1. The van der Waals surface area contributed by atoms with Crippen molar-refractivity contribution in [3.8, 4) is 5.75 Å². The smallest absolute Gasteiger partial charge is 0.223 e. The average Bonchev–Trinajstić information content (AvgIpc) is 2.55. The van der Waals surface area contributed by atoms with Gasteiger partial charge in [-0.3, -0.25) is 4.90 Å². The molecule has 6 nitrogen and oxygen atoms in total. The van der Waals surface area contributed by atoms with Crippen LogP contribution in [0.15, 0.2) is 30.3 Å². The van der Waals surface area contributed by atoms with E-state index in [9.17, 15) is 0 Å². The van der Waals surface area contributed by atoms with Gasteiger partial charge in [-0.1, -0.05) is 23.7 Å². The largest absolute Gasteiger partial charge is 0.497 e. The third kappa shape index (κ3) is 4.03. The molecule has 23 heavy (non-hydrogen) atoms. The van der Waals surface area contributed by atoms with Crippen molar-refractivity contribution in [1.29, 1.82) is 0 Å². The molecule has 0 atom stereocenters. The van der Waals surface area contributed by atoms with Gasteiger partial charge in [0.05, 0.1) is 7.11 Å². The Kier molecular flexibility index (Phi) is 4.83. The van der Waals surface area contributed by atoms with Crippen LogP contribution in [0.25, 0.3) is 0 Å². The molecule has 2 N–H and O–H groups in total. The van der Waals surface area contributed by atoms with Crippen LogP contribution < -0.4 is 15.4 Å². The van der Waals surface area contributed by atoms with Crippen molar-refractivity contribution in [2.24, 2.45) is 0 Å². The number of nitrogens with zero attached hydrogens (tertiary/aromatic N) is 4. The van der Waals surface area contributed by atoms with E-state index >= 15 is 0 Å². The Bertz CT molecular complexity index is 636. The molecular weight excluding hydrogens is 314 g/mol. The van der Waals surface area contributed by atoms with E-state index in [-0.39, 0.29) is 5.95 Å². The highest BCUT2D eigenvalue weighted by Crippen LogP contribution is 2.19. The molecule has 122 valence electrons. The maximum atomic E-state index is 5.95. The van der Waals surface area contributed by atoms with Crippen LogP contribution in [-0.4, -0.2) is 48.2 Å². The van der Waals surface area contributed by atoms with E-state index in [1.165, 1.54) is 5.56 Å². The van der Waals surface area contributed by atoms with Gasteiger partial charge in [-0.25, -0.2) is 4.98 Å². The van der Waals surface area contributed by atoms with Gasteiger partial charge in [0.1, 0.15) is 16.7 Å². The molecule has 0 aliphatic carbocycles. The summed E-state index contributed by atoms with van der Waals surface area (Å²) < 4.78 is 5.19. The molecule has 3 rings (SSSR count). The quantitative estimate of drug-likeness (QED) is 0.864. The summed E-state index contributed by atoms with van der Waals surface area (Å²) in [5, 5.41) is 0.383. The Hall–Kier alpha value is -2.05. The fraction of sp³-hybridized carbons (Fsp3) is 0.375.